The smallest absolute Gasteiger partial charge is 0.410 e. The van der Waals surface area contributed by atoms with Crippen molar-refractivity contribution in [1.29, 1.82) is 0 Å². The van der Waals surface area contributed by atoms with Crippen LogP contribution in [0, 0.1) is 5.92 Å². The molecule has 2 amide bonds. The van der Waals surface area contributed by atoms with E-state index in [2.05, 4.69) is 13.8 Å². The number of hydrogen-bond acceptors (Lipinski definition) is 5. The molecule has 0 saturated carbocycles. The quantitative estimate of drug-likeness (QED) is 0.811. The third-order valence-corrected chi connectivity index (χ3v) is 5.60. The number of rotatable bonds is 4. The van der Waals surface area contributed by atoms with Crippen LogP contribution in [0.4, 0.5) is 4.79 Å². The van der Waals surface area contributed by atoms with Gasteiger partial charge in [-0.1, -0.05) is 13.8 Å². The number of fused-ring (bicyclic) bond motifs is 1. The summed E-state index contributed by atoms with van der Waals surface area (Å²) < 4.78 is 16.4. The van der Waals surface area contributed by atoms with Crippen LogP contribution in [0.3, 0.4) is 0 Å². The molecule has 146 valence electrons. The fourth-order valence-electron chi connectivity index (χ4n) is 3.87. The number of piperidine rings is 1. The van der Waals surface area contributed by atoms with E-state index in [0.29, 0.717) is 55.5 Å². The molecule has 3 aliphatic rings. The summed E-state index contributed by atoms with van der Waals surface area (Å²) in [6.45, 7) is 7.02. The molecule has 0 bridgehead atoms. The van der Waals surface area contributed by atoms with E-state index >= 15 is 0 Å². The Labute approximate surface area is 159 Å². The largest absolute Gasteiger partial charge is 0.454 e. The maximum atomic E-state index is 12.8. The van der Waals surface area contributed by atoms with E-state index in [4.69, 9.17) is 14.2 Å². The van der Waals surface area contributed by atoms with Gasteiger partial charge in [0.1, 0.15) is 5.60 Å². The molecule has 0 unspecified atom stereocenters. The highest BCUT2D eigenvalue weighted by molar-refractivity contribution is 5.95. The summed E-state index contributed by atoms with van der Waals surface area (Å²) in [5.74, 6) is 1.81. The summed E-state index contributed by atoms with van der Waals surface area (Å²) in [5, 5.41) is 0. The highest BCUT2D eigenvalue weighted by atomic mass is 16.7. The lowest BCUT2D eigenvalue weighted by Gasteiger charge is -2.37. The van der Waals surface area contributed by atoms with E-state index in [-0.39, 0.29) is 18.8 Å². The molecule has 3 heterocycles. The number of hydrogen-bond donors (Lipinski definition) is 0. The standard InChI is InChI=1S/C20H26N2O5/c1-14(2)5-8-22-12-20(27-19(22)24)6-9-21(10-7-20)18(23)15-3-4-16-17(11-15)26-13-25-16/h3-4,11,14H,5-10,12-13H2,1-2H3. The minimum Gasteiger partial charge on any atom is -0.454 e. The Hall–Kier alpha value is -2.44. The van der Waals surface area contributed by atoms with E-state index < -0.39 is 5.60 Å². The molecule has 0 aliphatic carbocycles. The Bertz CT molecular complexity index is 740. The van der Waals surface area contributed by atoms with Gasteiger partial charge in [-0.05, 0) is 30.5 Å². The first-order valence-electron chi connectivity index (χ1n) is 9.63. The van der Waals surface area contributed by atoms with E-state index in [1.165, 1.54) is 0 Å². The van der Waals surface area contributed by atoms with Gasteiger partial charge in [0.05, 0.1) is 6.54 Å². The lowest BCUT2D eigenvalue weighted by Crippen LogP contribution is -2.48. The third kappa shape index (κ3) is 3.55. The zero-order valence-electron chi connectivity index (χ0n) is 15.9. The van der Waals surface area contributed by atoms with Gasteiger partial charge in [0.25, 0.3) is 5.91 Å². The molecular formula is C20H26N2O5. The molecule has 7 heteroatoms. The van der Waals surface area contributed by atoms with Gasteiger partial charge in [0.2, 0.25) is 6.79 Å². The van der Waals surface area contributed by atoms with Crippen molar-refractivity contribution in [2.75, 3.05) is 33.0 Å². The number of ether oxygens (including phenoxy) is 3. The summed E-state index contributed by atoms with van der Waals surface area (Å²) in [7, 11) is 0. The lowest BCUT2D eigenvalue weighted by atomic mass is 9.91. The molecule has 1 spiro atoms. The van der Waals surface area contributed by atoms with Crippen molar-refractivity contribution in [3.8, 4) is 11.5 Å². The van der Waals surface area contributed by atoms with E-state index in [1.54, 1.807) is 18.2 Å². The molecule has 4 rings (SSSR count). The summed E-state index contributed by atoms with van der Waals surface area (Å²) in [6, 6.07) is 5.27. The van der Waals surface area contributed by atoms with Crippen LogP contribution in [0.15, 0.2) is 18.2 Å². The van der Waals surface area contributed by atoms with Gasteiger partial charge in [-0.3, -0.25) is 4.79 Å². The van der Waals surface area contributed by atoms with Gasteiger partial charge in [-0.25, -0.2) is 4.79 Å². The van der Waals surface area contributed by atoms with Crippen molar-refractivity contribution in [1.82, 2.24) is 9.80 Å². The molecule has 1 aromatic rings. The van der Waals surface area contributed by atoms with Gasteiger partial charge < -0.3 is 24.0 Å². The van der Waals surface area contributed by atoms with Crippen LogP contribution in [-0.2, 0) is 4.74 Å². The first-order chi connectivity index (χ1) is 13.0. The van der Waals surface area contributed by atoms with Gasteiger partial charge in [-0.2, -0.15) is 0 Å². The molecule has 1 aromatic carbocycles. The van der Waals surface area contributed by atoms with E-state index in [9.17, 15) is 9.59 Å². The van der Waals surface area contributed by atoms with Crippen LogP contribution in [0.1, 0.15) is 43.5 Å². The molecule has 2 saturated heterocycles. The molecule has 0 aromatic heterocycles. The van der Waals surface area contributed by atoms with Crippen LogP contribution in [0.25, 0.3) is 0 Å². The zero-order valence-corrected chi connectivity index (χ0v) is 15.9. The van der Waals surface area contributed by atoms with Gasteiger partial charge in [0, 0.05) is 38.0 Å². The molecule has 0 N–H and O–H groups in total. The number of amides is 2. The summed E-state index contributed by atoms with van der Waals surface area (Å²) in [5.41, 5.74) is 0.150. The summed E-state index contributed by atoms with van der Waals surface area (Å²) >= 11 is 0. The molecule has 7 nitrogen and oxygen atoms in total. The molecule has 0 atom stereocenters. The Balaban J connectivity index is 1.36. The van der Waals surface area contributed by atoms with Crippen LogP contribution < -0.4 is 9.47 Å². The highest BCUT2D eigenvalue weighted by Gasteiger charge is 2.47. The Morgan fingerprint density at radius 3 is 2.67 bits per heavy atom. The van der Waals surface area contributed by atoms with Crippen molar-refractivity contribution in [3.05, 3.63) is 23.8 Å². The van der Waals surface area contributed by atoms with Crippen molar-refractivity contribution in [3.63, 3.8) is 0 Å². The average molecular weight is 374 g/mol. The summed E-state index contributed by atoms with van der Waals surface area (Å²) in [4.78, 5) is 28.7. The fraction of sp³-hybridized carbons (Fsp3) is 0.600. The number of nitrogens with zero attached hydrogens (tertiary/aromatic N) is 2. The predicted molar refractivity (Wildman–Crippen MR) is 97.9 cm³/mol. The SMILES string of the molecule is CC(C)CCN1CC2(CCN(C(=O)c3ccc4c(c3)OCO4)CC2)OC1=O. The van der Waals surface area contributed by atoms with Crippen LogP contribution in [0.5, 0.6) is 11.5 Å². The van der Waals surface area contributed by atoms with Crippen molar-refractivity contribution >= 4 is 12.0 Å². The number of likely N-dealkylation sites (tertiary alicyclic amines) is 1. The Morgan fingerprint density at radius 1 is 1.19 bits per heavy atom. The summed E-state index contributed by atoms with van der Waals surface area (Å²) in [6.07, 6.45) is 2.10. The third-order valence-electron chi connectivity index (χ3n) is 5.60. The second-order valence-electron chi connectivity index (χ2n) is 8.02. The minimum atomic E-state index is -0.445. The average Bonchev–Trinajstić information content (AvgIpc) is 3.24. The van der Waals surface area contributed by atoms with E-state index in [1.807, 2.05) is 9.80 Å². The number of benzene rings is 1. The predicted octanol–water partition coefficient (Wildman–Crippen LogP) is 2.89. The van der Waals surface area contributed by atoms with Crippen LogP contribution >= 0.6 is 0 Å². The van der Waals surface area contributed by atoms with Crippen molar-refractivity contribution in [2.45, 2.75) is 38.7 Å². The highest BCUT2D eigenvalue weighted by Crippen LogP contribution is 2.35. The van der Waals surface area contributed by atoms with Crippen LogP contribution in [0.2, 0.25) is 0 Å². The lowest BCUT2D eigenvalue weighted by molar-refractivity contribution is 0.00312. The molecule has 3 aliphatic heterocycles. The Kier molecular flexibility index (Phi) is 4.61. The first-order valence-corrected chi connectivity index (χ1v) is 9.63. The molecular weight excluding hydrogens is 348 g/mol. The second-order valence-corrected chi connectivity index (χ2v) is 8.02. The fourth-order valence-corrected chi connectivity index (χ4v) is 3.87. The van der Waals surface area contributed by atoms with Crippen molar-refractivity contribution < 1.29 is 23.8 Å². The topological polar surface area (TPSA) is 68.3 Å². The maximum Gasteiger partial charge on any atom is 0.410 e. The van der Waals surface area contributed by atoms with Gasteiger partial charge >= 0.3 is 6.09 Å². The first kappa shape index (κ1) is 17.9. The normalized spacial score (nSPS) is 20.5. The maximum absolute atomic E-state index is 12.8. The van der Waals surface area contributed by atoms with E-state index in [0.717, 1.165) is 13.0 Å². The molecule has 2 fully saturated rings. The monoisotopic (exact) mass is 374 g/mol. The molecule has 0 radical (unpaired) electrons. The zero-order chi connectivity index (χ0) is 19.0. The number of carbonyl (C=O) groups is 2. The molecule has 27 heavy (non-hydrogen) atoms. The van der Waals surface area contributed by atoms with Crippen molar-refractivity contribution in [2.24, 2.45) is 5.92 Å². The Morgan fingerprint density at radius 2 is 1.93 bits per heavy atom. The van der Waals surface area contributed by atoms with Gasteiger partial charge in [0.15, 0.2) is 11.5 Å². The number of carbonyl (C=O) groups excluding carboxylic acids is 2. The van der Waals surface area contributed by atoms with Gasteiger partial charge in [-0.15, -0.1) is 0 Å². The minimum absolute atomic E-state index is 0.0239. The van der Waals surface area contributed by atoms with Crippen LogP contribution in [-0.4, -0.2) is 60.4 Å². The second kappa shape index (κ2) is 6.94.